The van der Waals surface area contributed by atoms with Crippen molar-refractivity contribution in [3.8, 4) is 11.1 Å². The van der Waals surface area contributed by atoms with Crippen LogP contribution in [0.4, 0.5) is 0 Å². The largest absolute Gasteiger partial charge is 0.857 e. The third-order valence-electron chi connectivity index (χ3n) is 5.61. The van der Waals surface area contributed by atoms with Gasteiger partial charge in [-0.05, 0) is 0 Å². The molecule has 0 bridgehead atoms. The molecule has 1 unspecified atom stereocenters. The molecular weight excluding hydrogens is 392 g/mol. The average molecular weight is 418 g/mol. The van der Waals surface area contributed by atoms with Crippen LogP contribution in [0.1, 0.15) is 33.4 Å². The van der Waals surface area contributed by atoms with Gasteiger partial charge in [-0.15, -0.1) is 0 Å². The first kappa shape index (κ1) is 21.6. The van der Waals surface area contributed by atoms with Crippen molar-refractivity contribution in [1.82, 2.24) is 0 Å². The Hall–Kier alpha value is -2.10. The SMILES string of the molecule is C[CH]=[Ti+2]([c]1cccc2c1Cc1ccccc1-2)[CH]1C=Cc2ccccc21.C[O-].C[O-]. The Morgan fingerprint density at radius 1 is 0.828 bits per heavy atom. The quantitative estimate of drug-likeness (QED) is 0.470. The minimum Gasteiger partial charge on any atom is -0.857 e. The Kier molecular flexibility index (Phi) is 7.52. The van der Waals surface area contributed by atoms with Crippen LogP contribution in [0.15, 0.2) is 72.8 Å². The summed E-state index contributed by atoms with van der Waals surface area (Å²) >= 11 is -1.58. The van der Waals surface area contributed by atoms with Crippen LogP contribution in [0.5, 0.6) is 0 Å². The van der Waals surface area contributed by atoms with Gasteiger partial charge in [-0.3, -0.25) is 0 Å². The van der Waals surface area contributed by atoms with Gasteiger partial charge in [-0.2, -0.15) is 14.2 Å². The van der Waals surface area contributed by atoms with Crippen LogP contribution in [-0.4, -0.2) is 18.5 Å². The van der Waals surface area contributed by atoms with Gasteiger partial charge in [0.25, 0.3) is 0 Å². The second-order valence-corrected chi connectivity index (χ2v) is 11.0. The first-order chi connectivity index (χ1) is 14.4. The molecule has 5 rings (SSSR count). The van der Waals surface area contributed by atoms with Crippen molar-refractivity contribution < 1.29 is 27.6 Å². The molecule has 0 saturated carbocycles. The fraction of sp³-hybridized carbons (Fsp3) is 0.192. The van der Waals surface area contributed by atoms with E-state index in [9.17, 15) is 0 Å². The predicted molar refractivity (Wildman–Crippen MR) is 116 cm³/mol. The molecule has 3 heteroatoms. The molecular formula is C26H26O2Ti. The molecule has 29 heavy (non-hydrogen) atoms. The smallest absolute Gasteiger partial charge is 0.153 e. The summed E-state index contributed by atoms with van der Waals surface area (Å²) in [5.74, 6) is 0. The Balaban J connectivity index is 0.000000568. The fourth-order valence-corrected chi connectivity index (χ4v) is 8.77. The number of rotatable bonds is 2. The predicted octanol–water partition coefficient (Wildman–Crippen LogP) is 3.04. The van der Waals surface area contributed by atoms with Crippen LogP contribution < -0.4 is 14.1 Å². The normalized spacial score (nSPS) is 14.7. The Bertz CT molecular complexity index is 1050. The molecule has 0 saturated heterocycles. The zero-order valence-corrected chi connectivity index (χ0v) is 18.7. The molecule has 2 aliphatic rings. The maximum atomic E-state index is 8.25. The van der Waals surface area contributed by atoms with Crippen LogP contribution >= 0.6 is 0 Å². The molecule has 3 aromatic rings. The third-order valence-corrected chi connectivity index (χ3v) is 10.1. The summed E-state index contributed by atoms with van der Waals surface area (Å²) in [7, 11) is 1.50. The maximum Gasteiger partial charge on any atom is -0.153 e. The molecule has 2 aliphatic carbocycles. The average Bonchev–Trinajstić information content (AvgIpc) is 3.40. The second kappa shape index (κ2) is 10.1. The fourth-order valence-electron chi connectivity index (χ4n) is 4.45. The summed E-state index contributed by atoms with van der Waals surface area (Å²) in [6.45, 7) is 2.28. The third kappa shape index (κ3) is 3.99. The zero-order chi connectivity index (χ0) is 20.8. The minimum absolute atomic E-state index is 0.608. The van der Waals surface area contributed by atoms with E-state index in [1.54, 1.807) is 9.43 Å². The molecule has 0 radical (unpaired) electrons. The van der Waals surface area contributed by atoms with Gasteiger partial charge in [-0.1, -0.05) is 0 Å². The number of fused-ring (bicyclic) bond motifs is 4. The minimum atomic E-state index is -1.58. The standard InChI is InChI=1S/C13H9.C9H7.C2H4.2CH3O.Ti/c1-3-7-12-10(5-1)9-11-6-2-4-8-13(11)12;1-2-5-9-7-3-6-8(9)4-1;3*1-2;/h1-5,7-8H,9H2;1-7H;1H,2H3;2*1H3;/q;;;2*-1;+2. The second-order valence-electron chi connectivity index (χ2n) is 6.88. The van der Waals surface area contributed by atoms with E-state index in [0.29, 0.717) is 4.22 Å². The monoisotopic (exact) mass is 418 g/mol. The van der Waals surface area contributed by atoms with Gasteiger partial charge in [0.2, 0.25) is 0 Å². The van der Waals surface area contributed by atoms with Crippen LogP contribution in [0, 0.1) is 0 Å². The van der Waals surface area contributed by atoms with E-state index in [1.165, 1.54) is 27.8 Å². The van der Waals surface area contributed by atoms with E-state index in [-0.39, 0.29) is 0 Å². The Morgan fingerprint density at radius 3 is 2.31 bits per heavy atom. The van der Waals surface area contributed by atoms with Gasteiger partial charge in [0.05, 0.1) is 0 Å². The summed E-state index contributed by atoms with van der Waals surface area (Å²) < 4.78 is 4.81. The molecule has 0 aliphatic heterocycles. The van der Waals surface area contributed by atoms with Crippen molar-refractivity contribution in [2.45, 2.75) is 17.6 Å². The molecule has 1 atom stereocenters. The van der Waals surface area contributed by atoms with Crippen molar-refractivity contribution >= 4 is 14.3 Å². The summed E-state index contributed by atoms with van der Waals surface area (Å²) in [6.07, 6.45) is 5.89. The van der Waals surface area contributed by atoms with Gasteiger partial charge >= 0.3 is 155 Å². The summed E-state index contributed by atoms with van der Waals surface area (Å²) in [5.41, 5.74) is 8.93. The molecule has 0 spiro atoms. The molecule has 0 heterocycles. The van der Waals surface area contributed by atoms with E-state index < -0.39 is 17.4 Å². The van der Waals surface area contributed by atoms with E-state index >= 15 is 0 Å². The van der Waals surface area contributed by atoms with Crippen molar-refractivity contribution in [2.75, 3.05) is 14.2 Å². The summed E-state index contributed by atoms with van der Waals surface area (Å²) in [4.78, 5) is 0. The maximum absolute atomic E-state index is 8.25. The van der Waals surface area contributed by atoms with Crippen molar-refractivity contribution in [2.24, 2.45) is 0 Å². The van der Waals surface area contributed by atoms with Gasteiger partial charge in [0.15, 0.2) is 0 Å². The van der Waals surface area contributed by atoms with Gasteiger partial charge < -0.3 is 10.2 Å². The molecule has 0 aromatic heterocycles. The van der Waals surface area contributed by atoms with Crippen LogP contribution in [-0.2, 0) is 23.8 Å². The molecule has 3 aromatic carbocycles. The molecule has 0 N–H and O–H groups in total. The number of allylic oxidation sites excluding steroid dienone is 1. The molecule has 0 fully saturated rings. The van der Waals surface area contributed by atoms with E-state index in [2.05, 4.69) is 90.1 Å². The van der Waals surface area contributed by atoms with Crippen LogP contribution in [0.25, 0.3) is 17.2 Å². The van der Waals surface area contributed by atoms with E-state index in [0.717, 1.165) is 20.6 Å². The molecule has 0 amide bonds. The zero-order valence-electron chi connectivity index (χ0n) is 17.2. The Labute approximate surface area is 179 Å². The van der Waals surface area contributed by atoms with Crippen molar-refractivity contribution in [1.29, 1.82) is 0 Å². The van der Waals surface area contributed by atoms with Crippen molar-refractivity contribution in [3.63, 3.8) is 0 Å². The summed E-state index contributed by atoms with van der Waals surface area (Å²) in [6, 6.07) is 24.8. The van der Waals surface area contributed by atoms with Crippen LogP contribution in [0.3, 0.4) is 0 Å². The first-order valence-electron chi connectivity index (χ1n) is 9.82. The first-order valence-corrected chi connectivity index (χ1v) is 12.4. The van der Waals surface area contributed by atoms with E-state index in [4.69, 9.17) is 10.2 Å². The summed E-state index contributed by atoms with van der Waals surface area (Å²) in [5, 5.41) is 16.5. The van der Waals surface area contributed by atoms with Gasteiger partial charge in [-0.25, -0.2) is 0 Å². The molecule has 2 nitrogen and oxygen atoms in total. The van der Waals surface area contributed by atoms with E-state index in [1.807, 2.05) is 0 Å². The number of benzene rings is 3. The Morgan fingerprint density at radius 2 is 1.52 bits per heavy atom. The number of hydrogen-bond donors (Lipinski definition) is 0. The van der Waals surface area contributed by atoms with Gasteiger partial charge in [0.1, 0.15) is 0 Å². The molecule has 146 valence electrons. The number of hydrogen-bond acceptors (Lipinski definition) is 2. The van der Waals surface area contributed by atoms with Gasteiger partial charge in [0, 0.05) is 0 Å². The van der Waals surface area contributed by atoms with Crippen LogP contribution in [0.2, 0.25) is 0 Å². The van der Waals surface area contributed by atoms with Crippen molar-refractivity contribution in [3.05, 3.63) is 95.1 Å². The topological polar surface area (TPSA) is 46.1 Å².